The predicted octanol–water partition coefficient (Wildman–Crippen LogP) is 0.780. The van der Waals surface area contributed by atoms with Crippen LogP contribution in [0.4, 0.5) is 4.79 Å². The van der Waals surface area contributed by atoms with Gasteiger partial charge in [-0.3, -0.25) is 10.4 Å². The summed E-state index contributed by atoms with van der Waals surface area (Å²) in [5, 5.41) is 2.54. The lowest BCUT2D eigenvalue weighted by atomic mass is 10.1. The van der Waals surface area contributed by atoms with Crippen LogP contribution in [0, 0.1) is 0 Å². The summed E-state index contributed by atoms with van der Waals surface area (Å²) in [5.74, 6) is 4.68. The number of guanidine groups is 1. The molecule has 0 aromatic heterocycles. The van der Waals surface area contributed by atoms with Crippen molar-refractivity contribution in [3.05, 3.63) is 0 Å². The van der Waals surface area contributed by atoms with Gasteiger partial charge in [-0.25, -0.2) is 15.4 Å². The van der Waals surface area contributed by atoms with Crippen LogP contribution in [-0.2, 0) is 14.3 Å². The third kappa shape index (κ3) is 11.5. The predicted molar refractivity (Wildman–Crippen MR) is 92.0 cm³/mol. The van der Waals surface area contributed by atoms with Crippen LogP contribution in [-0.4, -0.2) is 41.8 Å². The van der Waals surface area contributed by atoms with Gasteiger partial charge in [-0.05, 0) is 54.4 Å². The topological polar surface area (TPSA) is 141 Å². The minimum Gasteiger partial charge on any atom is -0.458 e. The third-order valence-electron chi connectivity index (χ3n) is 2.46. The van der Waals surface area contributed by atoms with Crippen molar-refractivity contribution < 1.29 is 19.1 Å². The minimum atomic E-state index is -0.832. The van der Waals surface area contributed by atoms with Crippen molar-refractivity contribution in [2.75, 3.05) is 6.54 Å². The number of aliphatic imine (C=N–C) groups is 1. The number of hydrazine groups is 1. The molecule has 1 atom stereocenters. The van der Waals surface area contributed by atoms with Gasteiger partial charge in [0.2, 0.25) is 5.96 Å². The third-order valence-corrected chi connectivity index (χ3v) is 2.46. The number of amides is 1. The van der Waals surface area contributed by atoms with Gasteiger partial charge in [0.05, 0.1) is 0 Å². The molecule has 0 fully saturated rings. The number of carbonyl (C=O) groups excluding carboxylic acids is 2. The molecule has 0 saturated heterocycles. The van der Waals surface area contributed by atoms with Crippen LogP contribution in [0.1, 0.15) is 54.4 Å². The summed E-state index contributed by atoms with van der Waals surface area (Å²) >= 11 is 0. The van der Waals surface area contributed by atoms with Crippen molar-refractivity contribution in [1.82, 2.24) is 10.7 Å². The summed E-state index contributed by atoms with van der Waals surface area (Å²) in [6.45, 7) is 10.9. The molecule has 9 nitrogen and oxygen atoms in total. The van der Waals surface area contributed by atoms with E-state index < -0.39 is 29.3 Å². The van der Waals surface area contributed by atoms with Gasteiger partial charge in [-0.2, -0.15) is 0 Å². The summed E-state index contributed by atoms with van der Waals surface area (Å²) in [6, 6.07) is -0.832. The molecule has 0 bridgehead atoms. The molecular formula is C15H31N5O4. The van der Waals surface area contributed by atoms with Gasteiger partial charge in [-0.1, -0.05) is 0 Å². The number of rotatable bonds is 6. The fourth-order valence-corrected chi connectivity index (χ4v) is 1.61. The Balaban J connectivity index is 4.77. The Bertz CT molecular complexity index is 452. The number of nitrogens with two attached hydrogens (primary N) is 2. The number of alkyl carbamates (subject to hydrolysis) is 1. The first-order valence-corrected chi connectivity index (χ1v) is 7.83. The van der Waals surface area contributed by atoms with Crippen molar-refractivity contribution in [2.24, 2.45) is 16.6 Å². The Hall–Kier alpha value is -2.03. The summed E-state index contributed by atoms with van der Waals surface area (Å²) in [7, 11) is 0. The quantitative estimate of drug-likeness (QED) is 0.139. The molecule has 0 aliphatic heterocycles. The van der Waals surface area contributed by atoms with Crippen molar-refractivity contribution in [3.8, 4) is 0 Å². The van der Waals surface area contributed by atoms with Crippen LogP contribution >= 0.6 is 0 Å². The highest BCUT2D eigenvalue weighted by atomic mass is 16.6. The summed E-state index contributed by atoms with van der Waals surface area (Å²) in [5.41, 5.74) is 6.31. The largest absolute Gasteiger partial charge is 0.458 e. The van der Waals surface area contributed by atoms with E-state index in [1.165, 1.54) is 0 Å². The summed E-state index contributed by atoms with van der Waals surface area (Å²) in [6.07, 6.45) is 0.155. The van der Waals surface area contributed by atoms with E-state index in [0.29, 0.717) is 19.4 Å². The van der Waals surface area contributed by atoms with Crippen LogP contribution in [0.5, 0.6) is 0 Å². The van der Waals surface area contributed by atoms with E-state index in [2.05, 4.69) is 15.7 Å². The fraction of sp³-hybridized carbons (Fsp3) is 0.800. The van der Waals surface area contributed by atoms with Gasteiger partial charge in [0.1, 0.15) is 17.2 Å². The molecule has 0 heterocycles. The van der Waals surface area contributed by atoms with Crippen molar-refractivity contribution in [3.63, 3.8) is 0 Å². The van der Waals surface area contributed by atoms with Crippen LogP contribution in [0.3, 0.4) is 0 Å². The number of esters is 1. The second kappa shape index (κ2) is 9.31. The first-order valence-electron chi connectivity index (χ1n) is 7.83. The van der Waals surface area contributed by atoms with Crippen molar-refractivity contribution >= 4 is 18.0 Å². The number of hydrogen-bond donors (Lipinski definition) is 4. The van der Waals surface area contributed by atoms with Gasteiger partial charge >= 0.3 is 12.1 Å². The molecule has 0 aliphatic carbocycles. The second-order valence-corrected chi connectivity index (χ2v) is 7.29. The van der Waals surface area contributed by atoms with Crippen molar-refractivity contribution in [1.29, 1.82) is 0 Å². The lowest BCUT2D eigenvalue weighted by Gasteiger charge is -2.26. The zero-order valence-corrected chi connectivity index (χ0v) is 15.4. The summed E-state index contributed by atoms with van der Waals surface area (Å²) < 4.78 is 10.5. The van der Waals surface area contributed by atoms with Gasteiger partial charge < -0.3 is 20.5 Å². The van der Waals surface area contributed by atoms with E-state index in [0.717, 1.165) is 0 Å². The Morgan fingerprint density at radius 1 is 1.08 bits per heavy atom. The Labute approximate surface area is 143 Å². The molecule has 0 saturated carbocycles. The molecular weight excluding hydrogens is 314 g/mol. The average Bonchev–Trinajstić information content (AvgIpc) is 2.37. The van der Waals surface area contributed by atoms with Crippen LogP contribution in [0.2, 0.25) is 0 Å². The van der Waals surface area contributed by atoms with E-state index in [9.17, 15) is 9.59 Å². The first kappa shape index (κ1) is 22.0. The van der Waals surface area contributed by atoms with Gasteiger partial charge in [0, 0.05) is 6.54 Å². The lowest BCUT2D eigenvalue weighted by Crippen LogP contribution is -2.46. The summed E-state index contributed by atoms with van der Waals surface area (Å²) in [4.78, 5) is 28.1. The zero-order valence-electron chi connectivity index (χ0n) is 15.4. The molecule has 6 N–H and O–H groups in total. The van der Waals surface area contributed by atoms with Crippen molar-refractivity contribution in [2.45, 2.75) is 71.6 Å². The maximum absolute atomic E-state index is 12.3. The number of nitrogens with one attached hydrogen (secondary N) is 2. The smallest absolute Gasteiger partial charge is 0.408 e. The van der Waals surface area contributed by atoms with E-state index in [4.69, 9.17) is 21.1 Å². The molecule has 140 valence electrons. The van der Waals surface area contributed by atoms with Crippen LogP contribution in [0.25, 0.3) is 0 Å². The number of carbonyl (C=O) groups is 2. The normalized spacial score (nSPS) is 13.9. The molecule has 0 aliphatic rings. The van der Waals surface area contributed by atoms with E-state index in [1.54, 1.807) is 41.5 Å². The molecule has 9 heteroatoms. The lowest BCUT2D eigenvalue weighted by molar-refractivity contribution is -0.157. The Morgan fingerprint density at radius 3 is 2.08 bits per heavy atom. The van der Waals surface area contributed by atoms with Crippen LogP contribution < -0.4 is 22.3 Å². The molecule has 0 unspecified atom stereocenters. The molecule has 0 radical (unpaired) electrons. The molecule has 0 spiro atoms. The molecule has 0 rings (SSSR count). The van der Waals surface area contributed by atoms with Gasteiger partial charge in [0.25, 0.3) is 0 Å². The maximum Gasteiger partial charge on any atom is 0.408 e. The van der Waals surface area contributed by atoms with E-state index in [-0.39, 0.29) is 5.96 Å². The SMILES string of the molecule is CC(C)(C)OC(=O)N[C@@H](CCCN=C(N)NN)C(=O)OC(C)(C)C. The number of nitrogens with zero attached hydrogens (tertiary/aromatic N) is 1. The highest BCUT2D eigenvalue weighted by Crippen LogP contribution is 2.12. The standard InChI is InChI=1S/C15H31N5O4/c1-14(2,3)23-11(21)10(8-7-9-18-12(16)20-17)19-13(22)24-15(4,5)6/h10H,7-9,17H2,1-6H3,(H,19,22)(H3,16,18,20)/t10-/m0/s1. The maximum atomic E-state index is 12.3. The monoisotopic (exact) mass is 345 g/mol. The first-order chi connectivity index (χ1) is 10.8. The molecule has 24 heavy (non-hydrogen) atoms. The Morgan fingerprint density at radius 2 is 1.62 bits per heavy atom. The number of hydrogen-bond acceptors (Lipinski definition) is 6. The average molecular weight is 345 g/mol. The molecule has 0 aromatic rings. The fourth-order valence-electron chi connectivity index (χ4n) is 1.61. The molecule has 0 aromatic carbocycles. The van der Waals surface area contributed by atoms with Crippen LogP contribution in [0.15, 0.2) is 4.99 Å². The second-order valence-electron chi connectivity index (χ2n) is 7.29. The van der Waals surface area contributed by atoms with Gasteiger partial charge in [0.15, 0.2) is 0 Å². The number of ether oxygens (including phenoxy) is 2. The van der Waals surface area contributed by atoms with E-state index in [1.807, 2.05) is 0 Å². The highest BCUT2D eigenvalue weighted by Gasteiger charge is 2.28. The van der Waals surface area contributed by atoms with E-state index >= 15 is 0 Å². The zero-order chi connectivity index (χ0) is 19.0. The molecule has 1 amide bonds. The highest BCUT2D eigenvalue weighted by molar-refractivity contribution is 5.81. The van der Waals surface area contributed by atoms with Gasteiger partial charge in [-0.15, -0.1) is 0 Å². The minimum absolute atomic E-state index is 0.101. The Kier molecular flexibility index (Phi) is 8.52.